The summed E-state index contributed by atoms with van der Waals surface area (Å²) in [6.45, 7) is -0.243. The molecular weight excluding hydrogens is 245 g/mol. The van der Waals surface area contributed by atoms with E-state index in [1.807, 2.05) is 6.07 Å². The van der Waals surface area contributed by atoms with Gasteiger partial charge in [-0.3, -0.25) is 4.79 Å². The summed E-state index contributed by atoms with van der Waals surface area (Å²) >= 11 is 0. The first-order chi connectivity index (χ1) is 9.20. The molecule has 0 unspecified atom stereocenters. The number of Topliss-reactive ketones (excluding diaryl/α,β-unsaturated/α-hetero) is 1. The van der Waals surface area contributed by atoms with Crippen LogP contribution in [0, 0.1) is 17.1 Å². The van der Waals surface area contributed by atoms with Gasteiger partial charge in [0.25, 0.3) is 0 Å². The van der Waals surface area contributed by atoms with Gasteiger partial charge in [0, 0.05) is 5.56 Å². The Bertz CT molecular complexity index is 632. The summed E-state index contributed by atoms with van der Waals surface area (Å²) in [5.74, 6) is -0.924. The third-order valence-corrected chi connectivity index (χ3v) is 2.52. The van der Waals surface area contributed by atoms with Crippen LogP contribution in [0.4, 0.5) is 4.39 Å². The molecule has 0 heterocycles. The van der Waals surface area contributed by atoms with Crippen LogP contribution < -0.4 is 4.74 Å². The van der Waals surface area contributed by atoms with Crippen molar-refractivity contribution in [1.29, 1.82) is 5.26 Å². The van der Waals surface area contributed by atoms with Gasteiger partial charge in [0.1, 0.15) is 0 Å². The smallest absolute Gasteiger partial charge is 0.200 e. The van der Waals surface area contributed by atoms with Crippen LogP contribution in [0.3, 0.4) is 0 Å². The number of hydrogen-bond acceptors (Lipinski definition) is 3. The van der Waals surface area contributed by atoms with Crippen molar-refractivity contribution in [3.05, 3.63) is 65.5 Å². The molecule has 0 fully saturated rings. The molecule has 0 aliphatic heterocycles. The van der Waals surface area contributed by atoms with Gasteiger partial charge in [0.15, 0.2) is 24.0 Å². The molecule has 4 heteroatoms. The van der Waals surface area contributed by atoms with E-state index in [1.165, 1.54) is 12.1 Å². The lowest BCUT2D eigenvalue weighted by Crippen LogP contribution is -2.12. The lowest BCUT2D eigenvalue weighted by molar-refractivity contribution is 0.0919. The first kappa shape index (κ1) is 12.8. The van der Waals surface area contributed by atoms with E-state index in [4.69, 9.17) is 10.00 Å². The van der Waals surface area contributed by atoms with E-state index in [1.54, 1.807) is 30.3 Å². The van der Waals surface area contributed by atoms with Crippen molar-refractivity contribution >= 4 is 5.78 Å². The van der Waals surface area contributed by atoms with Gasteiger partial charge < -0.3 is 4.74 Å². The molecule has 0 saturated heterocycles. The van der Waals surface area contributed by atoms with Crippen LogP contribution in [0.15, 0.2) is 48.5 Å². The van der Waals surface area contributed by atoms with Gasteiger partial charge in [-0.05, 0) is 18.2 Å². The number of carbonyl (C=O) groups excluding carboxylic acids is 1. The summed E-state index contributed by atoms with van der Waals surface area (Å²) in [7, 11) is 0. The van der Waals surface area contributed by atoms with Gasteiger partial charge in [-0.25, -0.2) is 4.39 Å². The zero-order valence-electron chi connectivity index (χ0n) is 9.97. The fourth-order valence-electron chi connectivity index (χ4n) is 1.54. The second-order valence-electron chi connectivity index (χ2n) is 3.83. The van der Waals surface area contributed by atoms with Crippen molar-refractivity contribution in [2.45, 2.75) is 0 Å². The van der Waals surface area contributed by atoms with E-state index < -0.39 is 5.82 Å². The molecule has 0 aromatic heterocycles. The lowest BCUT2D eigenvalue weighted by atomic mass is 10.1. The van der Waals surface area contributed by atoms with E-state index in [9.17, 15) is 9.18 Å². The number of nitriles is 1. The van der Waals surface area contributed by atoms with Crippen molar-refractivity contribution < 1.29 is 13.9 Å². The average Bonchev–Trinajstić information content (AvgIpc) is 2.46. The molecule has 0 bridgehead atoms. The van der Waals surface area contributed by atoms with E-state index in [2.05, 4.69) is 0 Å². The highest BCUT2D eigenvalue weighted by Crippen LogP contribution is 2.18. The Balaban J connectivity index is 2.04. The molecule has 0 amide bonds. The Morgan fingerprint density at radius 3 is 2.58 bits per heavy atom. The van der Waals surface area contributed by atoms with E-state index in [0.29, 0.717) is 5.56 Å². The zero-order chi connectivity index (χ0) is 13.7. The minimum atomic E-state index is -0.653. The van der Waals surface area contributed by atoms with Crippen molar-refractivity contribution in [3.63, 3.8) is 0 Å². The SMILES string of the molecule is N#Cc1ccc(OCC(=O)c2ccccc2)c(F)c1. The van der Waals surface area contributed by atoms with Gasteiger partial charge >= 0.3 is 0 Å². The van der Waals surface area contributed by atoms with Gasteiger partial charge in [-0.2, -0.15) is 5.26 Å². The summed E-state index contributed by atoms with van der Waals surface area (Å²) in [6, 6.07) is 14.3. The van der Waals surface area contributed by atoms with E-state index in [0.717, 1.165) is 6.07 Å². The molecule has 94 valence electrons. The molecule has 0 radical (unpaired) electrons. The second-order valence-corrected chi connectivity index (χ2v) is 3.83. The van der Waals surface area contributed by atoms with Crippen molar-refractivity contribution in [2.75, 3.05) is 6.61 Å². The Labute approximate surface area is 109 Å². The molecule has 0 aliphatic carbocycles. The molecule has 0 aliphatic rings. The largest absolute Gasteiger partial charge is 0.482 e. The number of ether oxygens (including phenoxy) is 1. The molecule has 19 heavy (non-hydrogen) atoms. The predicted molar refractivity (Wildman–Crippen MR) is 67.4 cm³/mol. The number of benzene rings is 2. The number of carbonyl (C=O) groups is 1. The molecule has 2 aromatic rings. The van der Waals surface area contributed by atoms with Crippen LogP contribution in [0.2, 0.25) is 0 Å². The van der Waals surface area contributed by atoms with E-state index in [-0.39, 0.29) is 23.7 Å². The van der Waals surface area contributed by atoms with Crippen LogP contribution in [0.1, 0.15) is 15.9 Å². The number of rotatable bonds is 4. The molecule has 0 N–H and O–H groups in total. The Morgan fingerprint density at radius 1 is 1.21 bits per heavy atom. The highest BCUT2D eigenvalue weighted by Gasteiger charge is 2.09. The molecule has 0 spiro atoms. The van der Waals surface area contributed by atoms with Crippen LogP contribution in [-0.4, -0.2) is 12.4 Å². The fraction of sp³-hybridized carbons (Fsp3) is 0.0667. The van der Waals surface area contributed by atoms with Crippen molar-refractivity contribution in [1.82, 2.24) is 0 Å². The molecule has 2 rings (SSSR count). The normalized spacial score (nSPS) is 9.68. The van der Waals surface area contributed by atoms with Crippen LogP contribution in [-0.2, 0) is 0 Å². The fourth-order valence-corrected chi connectivity index (χ4v) is 1.54. The maximum atomic E-state index is 13.5. The number of hydrogen-bond donors (Lipinski definition) is 0. The van der Waals surface area contributed by atoms with Gasteiger partial charge in [0.05, 0.1) is 11.6 Å². The van der Waals surface area contributed by atoms with Crippen LogP contribution in [0.25, 0.3) is 0 Å². The third kappa shape index (κ3) is 3.17. The number of halogens is 1. The monoisotopic (exact) mass is 255 g/mol. The minimum Gasteiger partial charge on any atom is -0.482 e. The minimum absolute atomic E-state index is 0.0386. The highest BCUT2D eigenvalue weighted by atomic mass is 19.1. The summed E-state index contributed by atoms with van der Waals surface area (Å²) in [5.41, 5.74) is 0.718. The predicted octanol–water partition coefficient (Wildman–Crippen LogP) is 2.96. The second kappa shape index (κ2) is 5.78. The maximum Gasteiger partial charge on any atom is 0.200 e. The quantitative estimate of drug-likeness (QED) is 0.789. The lowest BCUT2D eigenvalue weighted by Gasteiger charge is -2.06. The molecule has 0 atom stereocenters. The molecular formula is C15H10FNO2. The first-order valence-corrected chi connectivity index (χ1v) is 5.61. The average molecular weight is 255 g/mol. The Morgan fingerprint density at radius 2 is 1.95 bits per heavy atom. The van der Waals surface area contributed by atoms with Crippen molar-refractivity contribution in [3.8, 4) is 11.8 Å². The van der Waals surface area contributed by atoms with Gasteiger partial charge in [-0.15, -0.1) is 0 Å². The summed E-state index contributed by atoms with van der Waals surface area (Å²) in [6.07, 6.45) is 0. The van der Waals surface area contributed by atoms with E-state index >= 15 is 0 Å². The third-order valence-electron chi connectivity index (χ3n) is 2.52. The van der Waals surface area contributed by atoms with Crippen LogP contribution >= 0.6 is 0 Å². The van der Waals surface area contributed by atoms with Gasteiger partial charge in [0.2, 0.25) is 0 Å². The number of nitrogens with zero attached hydrogens (tertiary/aromatic N) is 1. The molecule has 3 nitrogen and oxygen atoms in total. The van der Waals surface area contributed by atoms with Crippen LogP contribution in [0.5, 0.6) is 5.75 Å². The molecule has 0 saturated carbocycles. The summed E-state index contributed by atoms with van der Waals surface area (Å²) in [4.78, 5) is 11.8. The molecule has 2 aromatic carbocycles. The topological polar surface area (TPSA) is 50.1 Å². The Hall–Kier alpha value is -2.67. The number of ketones is 1. The standard InChI is InChI=1S/C15H10FNO2/c16-13-8-11(9-17)6-7-15(13)19-10-14(18)12-4-2-1-3-5-12/h1-8H,10H2. The zero-order valence-corrected chi connectivity index (χ0v) is 9.97. The van der Waals surface area contributed by atoms with Crippen molar-refractivity contribution in [2.24, 2.45) is 0 Å². The highest BCUT2D eigenvalue weighted by molar-refractivity contribution is 5.97. The summed E-state index contributed by atoms with van der Waals surface area (Å²) in [5, 5.41) is 8.61. The first-order valence-electron chi connectivity index (χ1n) is 5.61. The van der Waals surface area contributed by atoms with Gasteiger partial charge in [-0.1, -0.05) is 30.3 Å². The summed E-state index contributed by atoms with van der Waals surface area (Å²) < 4.78 is 18.6. The Kier molecular flexibility index (Phi) is 3.89. The maximum absolute atomic E-state index is 13.5.